The summed E-state index contributed by atoms with van der Waals surface area (Å²) in [5, 5.41) is 12.3. The highest BCUT2D eigenvalue weighted by atomic mass is 32.2. The van der Waals surface area contributed by atoms with E-state index in [1.54, 1.807) is 46.4 Å². The predicted molar refractivity (Wildman–Crippen MR) is 294 cm³/mol. The second-order valence-electron chi connectivity index (χ2n) is 21.4. The average Bonchev–Trinajstić information content (AvgIpc) is 3.95. The number of amides is 3. The van der Waals surface area contributed by atoms with Crippen molar-refractivity contribution in [3.05, 3.63) is 144 Å². The minimum absolute atomic E-state index is 0.0214. The van der Waals surface area contributed by atoms with Crippen molar-refractivity contribution in [1.82, 2.24) is 15.2 Å². The van der Waals surface area contributed by atoms with E-state index in [0.717, 1.165) is 32.8 Å². The van der Waals surface area contributed by atoms with Gasteiger partial charge in [-0.05, 0) is 81.9 Å². The summed E-state index contributed by atoms with van der Waals surface area (Å²) in [6.07, 6.45) is -1.54. The van der Waals surface area contributed by atoms with Gasteiger partial charge < -0.3 is 33.7 Å². The lowest BCUT2D eigenvalue weighted by molar-refractivity contribution is -0.179. The Morgan fingerprint density at radius 2 is 1.31 bits per heavy atom. The molecule has 2 saturated heterocycles. The van der Waals surface area contributed by atoms with E-state index in [1.807, 2.05) is 97.1 Å². The topological polar surface area (TPSA) is 184 Å². The quantitative estimate of drug-likeness (QED) is 0.0161. The number of oxime groups is 1. The van der Waals surface area contributed by atoms with Crippen LogP contribution in [0.15, 0.2) is 132 Å². The SMILES string of the molecule is CC(C)(C)OC(=O)Nc1nc(/C(=N/OC(C)(C)C(=O)OC(C)(C)C)C(=O)N[C@@H]2C(=O)N3C[C@](SCCO[Si](c4ccccc4)(c4ccccc4)C(C)(C)C)(C(=O)OC(c4ccccc4)c4ccccc4)S[C@H]23)cs1. The summed E-state index contributed by atoms with van der Waals surface area (Å²) in [5.41, 5.74) is -2.20. The number of β-lactam (4-membered cyclic amide) rings is 1. The van der Waals surface area contributed by atoms with Gasteiger partial charge in [-0.1, -0.05) is 147 Å². The second kappa shape index (κ2) is 22.5. The lowest BCUT2D eigenvalue weighted by Crippen LogP contribution is -2.68. The standard InChI is InChI=1S/C55H65N5O10S3Si/c1-51(2,3)68-47(63)54(10,11)70-59-41(40-34-71-49(56-40)58-50(65)69-52(4,5)6)44(61)57-42-45(62)60-35-55(73-46(42)60,48(64)67-43(36-24-16-12-17-25-36)37-26-18-13-19-27-37)72-33-32-66-74(53(7,8)9,38-28-20-14-21-29-38)39-30-22-15-23-31-39/h12-31,34,42-43,46H,32-33,35H2,1-11H3,(H,57,61)(H,56,58,65)/b59-41-/t42-,46-,55-/m1/s1. The van der Waals surface area contributed by atoms with Crippen molar-refractivity contribution in [1.29, 1.82) is 0 Å². The number of ether oxygens (including phenoxy) is 3. The maximum Gasteiger partial charge on any atom is 0.413 e. The molecule has 2 aliphatic rings. The van der Waals surface area contributed by atoms with E-state index >= 15 is 4.79 Å². The summed E-state index contributed by atoms with van der Waals surface area (Å²) in [6.45, 7) is 20.0. The number of nitrogens with zero attached hydrogens (tertiary/aromatic N) is 3. The third-order valence-corrected chi connectivity index (χ3v) is 20.9. The number of anilines is 1. The number of thioether (sulfide) groups is 2. The Kier molecular flexibility index (Phi) is 16.9. The van der Waals surface area contributed by atoms with Crippen LogP contribution in [0, 0.1) is 0 Å². The van der Waals surface area contributed by atoms with Crippen molar-refractivity contribution in [2.45, 2.75) is 120 Å². The molecule has 4 aromatic carbocycles. The van der Waals surface area contributed by atoms with E-state index in [9.17, 15) is 19.2 Å². The van der Waals surface area contributed by atoms with Gasteiger partial charge in [0, 0.05) is 17.7 Å². The fraction of sp³-hybridized carbons (Fsp3) is 0.400. The maximum absolute atomic E-state index is 15.2. The third kappa shape index (κ3) is 12.9. The number of carbonyl (C=O) groups is 5. The first-order valence-corrected chi connectivity index (χ1v) is 28.9. The molecule has 0 spiro atoms. The number of benzene rings is 4. The molecule has 1 aromatic heterocycles. The monoisotopic (exact) mass is 1080 g/mol. The first-order valence-electron chi connectivity index (χ1n) is 24.3. The molecule has 74 heavy (non-hydrogen) atoms. The molecule has 3 heterocycles. The molecule has 19 heteroatoms. The fourth-order valence-corrected chi connectivity index (χ4v) is 16.9. The number of hydrogen-bond donors (Lipinski definition) is 2. The summed E-state index contributed by atoms with van der Waals surface area (Å²) >= 11 is 3.58. The number of rotatable bonds is 18. The Morgan fingerprint density at radius 3 is 1.82 bits per heavy atom. The van der Waals surface area contributed by atoms with Gasteiger partial charge in [0.1, 0.15) is 28.3 Å². The van der Waals surface area contributed by atoms with E-state index in [4.69, 9.17) is 23.5 Å². The maximum atomic E-state index is 15.2. The predicted octanol–water partition coefficient (Wildman–Crippen LogP) is 9.07. The number of hydrogen-bond acceptors (Lipinski definition) is 15. The van der Waals surface area contributed by atoms with Crippen LogP contribution in [0.4, 0.5) is 9.93 Å². The van der Waals surface area contributed by atoms with Gasteiger partial charge in [-0.2, -0.15) is 0 Å². The molecule has 15 nitrogen and oxygen atoms in total. The highest BCUT2D eigenvalue weighted by Gasteiger charge is 2.63. The lowest BCUT2D eigenvalue weighted by Gasteiger charge is -2.43. The molecule has 0 aliphatic carbocycles. The lowest BCUT2D eigenvalue weighted by atomic mass is 10.0. The molecule has 7 rings (SSSR count). The van der Waals surface area contributed by atoms with Crippen LogP contribution in [0.25, 0.3) is 0 Å². The normalized spacial score (nSPS) is 18.2. The molecule has 3 amide bonds. The zero-order valence-corrected chi connectivity index (χ0v) is 47.1. The van der Waals surface area contributed by atoms with Crippen LogP contribution >= 0.6 is 34.9 Å². The van der Waals surface area contributed by atoms with Crippen molar-refractivity contribution in [2.75, 3.05) is 24.2 Å². The van der Waals surface area contributed by atoms with Crippen molar-refractivity contribution in [3.63, 3.8) is 0 Å². The van der Waals surface area contributed by atoms with Crippen molar-refractivity contribution < 1.29 is 47.4 Å². The Morgan fingerprint density at radius 1 is 0.784 bits per heavy atom. The number of esters is 2. The Balaban J connectivity index is 1.19. The van der Waals surface area contributed by atoms with Gasteiger partial charge >= 0.3 is 18.0 Å². The van der Waals surface area contributed by atoms with E-state index in [2.05, 4.69) is 65.8 Å². The first kappa shape index (κ1) is 55.8. The molecule has 2 N–H and O–H groups in total. The first-order chi connectivity index (χ1) is 34.8. The summed E-state index contributed by atoms with van der Waals surface area (Å²) in [4.78, 5) is 81.6. The van der Waals surface area contributed by atoms with Crippen LogP contribution < -0.4 is 21.0 Å². The molecule has 0 unspecified atom stereocenters. The number of thiazole rings is 1. The number of fused-ring (bicyclic) bond motifs is 1. The van der Waals surface area contributed by atoms with Crippen LogP contribution in [0.2, 0.25) is 5.04 Å². The largest absolute Gasteiger partial charge is 0.457 e. The highest BCUT2D eigenvalue weighted by Crippen LogP contribution is 2.54. The smallest absolute Gasteiger partial charge is 0.413 e. The van der Waals surface area contributed by atoms with Crippen LogP contribution in [-0.4, -0.2) is 105 Å². The Labute approximate surface area is 447 Å². The van der Waals surface area contributed by atoms with E-state index < -0.39 is 82.3 Å². The summed E-state index contributed by atoms with van der Waals surface area (Å²) in [7, 11) is -2.97. The summed E-state index contributed by atoms with van der Waals surface area (Å²) in [5.74, 6) is -2.24. The molecule has 5 aromatic rings. The zero-order chi connectivity index (χ0) is 53.7. The Hall–Kier alpha value is -5.99. The van der Waals surface area contributed by atoms with Crippen LogP contribution in [0.3, 0.4) is 0 Å². The fourth-order valence-electron chi connectivity index (χ4n) is 8.45. The summed E-state index contributed by atoms with van der Waals surface area (Å²) in [6, 6.07) is 38.4. The molecule has 392 valence electrons. The third-order valence-electron chi connectivity index (χ3n) is 11.8. The van der Waals surface area contributed by atoms with Gasteiger partial charge in [0.25, 0.3) is 14.2 Å². The van der Waals surface area contributed by atoms with Crippen LogP contribution in [0.1, 0.15) is 99.1 Å². The average molecular weight is 1080 g/mol. The van der Waals surface area contributed by atoms with Gasteiger partial charge in [-0.3, -0.25) is 14.9 Å². The van der Waals surface area contributed by atoms with Crippen molar-refractivity contribution >= 4 is 94.2 Å². The molecule has 2 aliphatic heterocycles. The highest BCUT2D eigenvalue weighted by molar-refractivity contribution is 8.20. The number of aromatic nitrogens is 1. The van der Waals surface area contributed by atoms with E-state index in [0.29, 0.717) is 5.75 Å². The van der Waals surface area contributed by atoms with Gasteiger partial charge in [0.05, 0.1) is 6.54 Å². The number of nitrogens with one attached hydrogen (secondary N) is 2. The van der Waals surface area contributed by atoms with Gasteiger partial charge in [0.2, 0.25) is 11.5 Å². The number of carbonyl (C=O) groups excluding carboxylic acids is 5. The minimum atomic E-state index is -2.97. The van der Waals surface area contributed by atoms with Crippen molar-refractivity contribution in [2.24, 2.45) is 5.16 Å². The molecule has 3 atom stereocenters. The zero-order valence-electron chi connectivity index (χ0n) is 43.6. The van der Waals surface area contributed by atoms with E-state index in [-0.39, 0.29) is 29.0 Å². The molecular weight excluding hydrogens is 1010 g/mol. The molecular formula is C55H65N5O10S3Si. The van der Waals surface area contributed by atoms with E-state index in [1.165, 1.54) is 42.8 Å². The summed E-state index contributed by atoms with van der Waals surface area (Å²) < 4.78 is 23.4. The Bertz CT molecular complexity index is 2740. The second-order valence-corrected chi connectivity index (χ2v) is 29.6. The van der Waals surface area contributed by atoms with Crippen LogP contribution in [0.5, 0.6) is 0 Å². The van der Waals surface area contributed by atoms with Crippen LogP contribution in [-0.2, 0) is 42.7 Å². The van der Waals surface area contributed by atoms with Crippen molar-refractivity contribution in [3.8, 4) is 0 Å². The van der Waals surface area contributed by atoms with Gasteiger partial charge in [-0.15, -0.1) is 34.9 Å². The molecule has 2 fully saturated rings. The molecule has 0 bridgehead atoms. The van der Waals surface area contributed by atoms with Gasteiger partial charge in [-0.25, -0.2) is 19.4 Å². The van der Waals surface area contributed by atoms with Gasteiger partial charge in [0.15, 0.2) is 21.0 Å². The molecule has 0 saturated carbocycles. The minimum Gasteiger partial charge on any atom is -0.457 e. The molecule has 0 radical (unpaired) electrons.